The molecule has 2 heterocycles. The van der Waals surface area contributed by atoms with Gasteiger partial charge in [-0.1, -0.05) is 0 Å². The third-order valence-corrected chi connectivity index (χ3v) is 2.43. The molecule has 0 radical (unpaired) electrons. The lowest BCUT2D eigenvalue weighted by molar-refractivity contribution is -0.136. The second-order valence-corrected chi connectivity index (χ2v) is 3.73. The number of carbonyl (C=O) groups excluding carboxylic acids is 2. The summed E-state index contributed by atoms with van der Waals surface area (Å²) in [5.74, 6) is -0.993. The monoisotopic (exact) mass is 252 g/mol. The Morgan fingerprint density at radius 3 is 2.44 bits per heavy atom. The van der Waals surface area contributed by atoms with Crippen LogP contribution in [0.5, 0.6) is 17.5 Å². The molecule has 7 heteroatoms. The zero-order valence-corrected chi connectivity index (χ0v) is 9.42. The van der Waals surface area contributed by atoms with E-state index in [2.05, 4.69) is 4.98 Å². The molecule has 7 nitrogen and oxygen atoms in total. The van der Waals surface area contributed by atoms with Crippen LogP contribution in [0.1, 0.15) is 6.42 Å². The van der Waals surface area contributed by atoms with Crippen LogP contribution >= 0.6 is 0 Å². The number of aromatic amines is 1. The van der Waals surface area contributed by atoms with Crippen molar-refractivity contribution < 1.29 is 24.5 Å². The molecule has 0 atom stereocenters. The minimum absolute atomic E-state index is 0.129. The van der Waals surface area contributed by atoms with Gasteiger partial charge < -0.3 is 14.9 Å². The van der Waals surface area contributed by atoms with Gasteiger partial charge >= 0.3 is 0 Å². The molecule has 0 bridgehead atoms. The van der Waals surface area contributed by atoms with E-state index in [1.165, 1.54) is 18.2 Å². The first-order valence-corrected chi connectivity index (χ1v) is 5.35. The number of nitrogens with zero attached hydrogens (tertiary/aromatic N) is 1. The first kappa shape index (κ1) is 12.0. The molecule has 1 aromatic heterocycles. The van der Waals surface area contributed by atoms with Crippen LogP contribution in [-0.4, -0.2) is 45.1 Å². The molecule has 1 aliphatic rings. The summed E-state index contributed by atoms with van der Waals surface area (Å²) < 4.78 is 5.18. The van der Waals surface area contributed by atoms with E-state index in [9.17, 15) is 14.7 Å². The molecule has 1 aliphatic heterocycles. The first-order valence-electron chi connectivity index (χ1n) is 5.35. The third-order valence-electron chi connectivity index (χ3n) is 2.43. The third kappa shape index (κ3) is 2.45. The molecule has 0 fully saturated rings. The number of carbonyl (C=O) groups is 2. The Morgan fingerprint density at radius 1 is 1.22 bits per heavy atom. The number of ether oxygens (including phenoxy) is 1. The van der Waals surface area contributed by atoms with Crippen LogP contribution in [0.3, 0.4) is 0 Å². The van der Waals surface area contributed by atoms with Crippen molar-refractivity contribution in [3.8, 4) is 17.5 Å². The number of hydrogen-bond acceptors (Lipinski definition) is 5. The van der Waals surface area contributed by atoms with Gasteiger partial charge in [0.1, 0.15) is 0 Å². The summed E-state index contributed by atoms with van der Waals surface area (Å²) in [4.78, 5) is 25.8. The van der Waals surface area contributed by atoms with Crippen LogP contribution in [0.2, 0.25) is 0 Å². The molecule has 1 aromatic rings. The largest absolute Gasteiger partial charge is 0.494 e. The summed E-state index contributed by atoms with van der Waals surface area (Å²) in [6.07, 6.45) is 2.88. The minimum atomic E-state index is -0.331. The summed E-state index contributed by atoms with van der Waals surface area (Å²) in [6.45, 7) is 0.462. The SMILES string of the molecule is O=C1C=CC(=O)N1CCCOc1cc(O)[nH]c1O. The summed E-state index contributed by atoms with van der Waals surface area (Å²) in [5, 5.41) is 18.3. The fourth-order valence-corrected chi connectivity index (χ4v) is 1.58. The fourth-order valence-electron chi connectivity index (χ4n) is 1.58. The molecule has 3 N–H and O–H groups in total. The van der Waals surface area contributed by atoms with Crippen molar-refractivity contribution in [2.24, 2.45) is 0 Å². The van der Waals surface area contributed by atoms with E-state index < -0.39 is 0 Å². The highest BCUT2D eigenvalue weighted by molar-refractivity contribution is 6.12. The number of H-pyrrole nitrogens is 1. The van der Waals surface area contributed by atoms with Gasteiger partial charge in [-0.05, 0) is 6.42 Å². The maximum atomic E-state index is 11.2. The predicted molar refractivity (Wildman–Crippen MR) is 60.1 cm³/mol. The van der Waals surface area contributed by atoms with Gasteiger partial charge in [0.2, 0.25) is 5.88 Å². The minimum Gasteiger partial charge on any atom is -0.494 e. The second-order valence-electron chi connectivity index (χ2n) is 3.73. The zero-order chi connectivity index (χ0) is 13.1. The van der Waals surface area contributed by atoms with Crippen LogP contribution in [0.15, 0.2) is 18.2 Å². The fraction of sp³-hybridized carbons (Fsp3) is 0.273. The van der Waals surface area contributed by atoms with E-state index in [0.717, 1.165) is 4.90 Å². The summed E-state index contributed by atoms with van der Waals surface area (Å²) in [5.41, 5.74) is 0. The molecule has 2 rings (SSSR count). The van der Waals surface area contributed by atoms with Crippen LogP contribution in [0.4, 0.5) is 0 Å². The number of imide groups is 1. The molecule has 2 amide bonds. The highest BCUT2D eigenvalue weighted by Crippen LogP contribution is 2.29. The molecular weight excluding hydrogens is 240 g/mol. The molecule has 0 saturated heterocycles. The highest BCUT2D eigenvalue weighted by atomic mass is 16.5. The van der Waals surface area contributed by atoms with Gasteiger partial charge in [-0.2, -0.15) is 0 Å². The van der Waals surface area contributed by atoms with Crippen molar-refractivity contribution in [3.05, 3.63) is 18.2 Å². The number of rotatable bonds is 5. The quantitative estimate of drug-likeness (QED) is 0.510. The van der Waals surface area contributed by atoms with E-state index in [1.807, 2.05) is 0 Å². The Bertz CT molecular complexity index is 488. The van der Waals surface area contributed by atoms with Crippen molar-refractivity contribution in [3.63, 3.8) is 0 Å². The van der Waals surface area contributed by atoms with Crippen molar-refractivity contribution in [1.29, 1.82) is 0 Å². The number of nitrogens with one attached hydrogen (secondary N) is 1. The Balaban J connectivity index is 1.75. The lowest BCUT2D eigenvalue weighted by Gasteiger charge is -2.13. The Labute approximate surface area is 102 Å². The number of hydrogen-bond donors (Lipinski definition) is 3. The van der Waals surface area contributed by atoms with Gasteiger partial charge in [0.25, 0.3) is 11.8 Å². The van der Waals surface area contributed by atoms with Crippen molar-refractivity contribution in [2.75, 3.05) is 13.2 Å². The van der Waals surface area contributed by atoms with Crippen LogP contribution in [-0.2, 0) is 9.59 Å². The predicted octanol–water partition coefficient (Wildman–Crippen LogP) is 0.120. The van der Waals surface area contributed by atoms with Crippen molar-refractivity contribution in [1.82, 2.24) is 9.88 Å². The summed E-state index contributed by atoms with van der Waals surface area (Å²) in [6, 6.07) is 1.24. The van der Waals surface area contributed by atoms with Crippen molar-refractivity contribution in [2.45, 2.75) is 6.42 Å². The molecule has 0 saturated carbocycles. The van der Waals surface area contributed by atoms with Gasteiger partial charge in [-0.25, -0.2) is 0 Å². The van der Waals surface area contributed by atoms with Crippen LogP contribution in [0.25, 0.3) is 0 Å². The van der Waals surface area contributed by atoms with Gasteiger partial charge in [-0.15, -0.1) is 0 Å². The van der Waals surface area contributed by atoms with E-state index in [4.69, 9.17) is 9.84 Å². The standard InChI is InChI=1S/C11H12N2O5/c14-8-6-7(11(17)12-8)18-5-1-4-13-9(15)2-3-10(13)16/h2-3,6,12,14,17H,1,4-5H2. The topological polar surface area (TPSA) is 103 Å². The maximum Gasteiger partial charge on any atom is 0.253 e. The number of aromatic nitrogens is 1. The average Bonchev–Trinajstić information content (AvgIpc) is 2.79. The second kappa shape index (κ2) is 4.82. The van der Waals surface area contributed by atoms with Gasteiger partial charge in [0.05, 0.1) is 6.61 Å². The van der Waals surface area contributed by atoms with E-state index in [1.54, 1.807) is 0 Å². The lowest BCUT2D eigenvalue weighted by Crippen LogP contribution is -2.31. The summed E-state index contributed by atoms with van der Waals surface area (Å²) >= 11 is 0. The molecule has 0 aromatic carbocycles. The maximum absolute atomic E-state index is 11.2. The summed E-state index contributed by atoms with van der Waals surface area (Å²) in [7, 11) is 0. The van der Waals surface area contributed by atoms with E-state index in [-0.39, 0.29) is 42.5 Å². The smallest absolute Gasteiger partial charge is 0.253 e. The number of aromatic hydroxyl groups is 2. The Morgan fingerprint density at radius 2 is 1.89 bits per heavy atom. The molecule has 0 unspecified atom stereocenters. The lowest BCUT2D eigenvalue weighted by atomic mass is 10.4. The normalized spacial score (nSPS) is 14.6. The molecule has 96 valence electrons. The Kier molecular flexibility index (Phi) is 3.22. The van der Waals surface area contributed by atoms with Gasteiger partial charge in [0.15, 0.2) is 11.6 Å². The molecule has 0 spiro atoms. The zero-order valence-electron chi connectivity index (χ0n) is 9.42. The van der Waals surface area contributed by atoms with Gasteiger partial charge in [-0.3, -0.25) is 19.5 Å². The van der Waals surface area contributed by atoms with Crippen LogP contribution in [0, 0.1) is 0 Å². The first-order chi connectivity index (χ1) is 8.58. The molecule has 18 heavy (non-hydrogen) atoms. The van der Waals surface area contributed by atoms with Gasteiger partial charge in [0, 0.05) is 24.8 Å². The van der Waals surface area contributed by atoms with Crippen LogP contribution < -0.4 is 4.74 Å². The molecule has 0 aliphatic carbocycles. The highest BCUT2D eigenvalue weighted by Gasteiger charge is 2.22. The average molecular weight is 252 g/mol. The van der Waals surface area contributed by atoms with Crippen molar-refractivity contribution >= 4 is 11.8 Å². The Hall–Kier alpha value is -2.44. The van der Waals surface area contributed by atoms with E-state index in [0.29, 0.717) is 6.42 Å². The van der Waals surface area contributed by atoms with E-state index >= 15 is 0 Å². The number of amides is 2. The molecular formula is C11H12N2O5.